The topological polar surface area (TPSA) is 104 Å². The summed E-state index contributed by atoms with van der Waals surface area (Å²) in [4.78, 5) is 23.0. The predicted molar refractivity (Wildman–Crippen MR) is 113 cm³/mol. The first-order valence-electron chi connectivity index (χ1n) is 12.0. The van der Waals surface area contributed by atoms with Crippen LogP contribution in [0.2, 0.25) is 0 Å². The van der Waals surface area contributed by atoms with Gasteiger partial charge in [0.25, 0.3) is 0 Å². The number of carboxylic acids is 1. The minimum absolute atomic E-state index is 0.0362. The van der Waals surface area contributed by atoms with E-state index in [0.29, 0.717) is 31.3 Å². The number of esters is 1. The van der Waals surface area contributed by atoms with Crippen LogP contribution in [0.25, 0.3) is 0 Å². The molecule has 172 valence electrons. The SMILES string of the molecule is C[C@]12CC[C@@](O)(CC(=O)O)C[C@H]1CC[C@@H]1[C@@H]2CC[C@]2(C)[C@@H](C3=CC(=O)OC3)CC[C@]12O. The van der Waals surface area contributed by atoms with Crippen LogP contribution in [-0.4, -0.2) is 45.1 Å². The van der Waals surface area contributed by atoms with E-state index in [-0.39, 0.29) is 35.1 Å². The molecule has 0 saturated heterocycles. The van der Waals surface area contributed by atoms with E-state index in [0.717, 1.165) is 50.5 Å². The van der Waals surface area contributed by atoms with Gasteiger partial charge in [0.2, 0.25) is 0 Å². The van der Waals surface area contributed by atoms with E-state index in [1.54, 1.807) is 6.08 Å². The molecule has 6 heteroatoms. The molecular formula is C25H36O6. The van der Waals surface area contributed by atoms with Crippen LogP contribution in [0, 0.1) is 34.5 Å². The molecule has 0 radical (unpaired) electrons. The van der Waals surface area contributed by atoms with Crippen LogP contribution in [-0.2, 0) is 14.3 Å². The third-order valence-electron chi connectivity index (χ3n) is 10.6. The molecule has 31 heavy (non-hydrogen) atoms. The Kier molecular flexibility index (Phi) is 4.70. The van der Waals surface area contributed by atoms with Crippen molar-refractivity contribution in [3.63, 3.8) is 0 Å². The fourth-order valence-electron chi connectivity index (χ4n) is 8.92. The van der Waals surface area contributed by atoms with Gasteiger partial charge in [0.15, 0.2) is 0 Å². The molecule has 4 aliphatic carbocycles. The largest absolute Gasteiger partial charge is 0.481 e. The minimum Gasteiger partial charge on any atom is -0.481 e. The number of hydrogen-bond acceptors (Lipinski definition) is 5. The van der Waals surface area contributed by atoms with Crippen LogP contribution < -0.4 is 0 Å². The number of ether oxygens (including phenoxy) is 1. The third-order valence-corrected chi connectivity index (χ3v) is 10.6. The summed E-state index contributed by atoms with van der Waals surface area (Å²) in [7, 11) is 0. The minimum atomic E-state index is -1.09. The highest BCUT2D eigenvalue weighted by Gasteiger charge is 2.68. The summed E-state index contributed by atoms with van der Waals surface area (Å²) in [6.07, 6.45) is 8.91. The van der Waals surface area contributed by atoms with Gasteiger partial charge in [0.05, 0.1) is 17.6 Å². The zero-order chi connectivity index (χ0) is 22.2. The Morgan fingerprint density at radius 2 is 1.84 bits per heavy atom. The van der Waals surface area contributed by atoms with E-state index in [2.05, 4.69) is 13.8 Å². The number of aliphatic carboxylic acids is 1. The molecule has 1 heterocycles. The summed E-state index contributed by atoms with van der Waals surface area (Å²) in [5.41, 5.74) is -0.985. The van der Waals surface area contributed by atoms with Gasteiger partial charge in [-0.15, -0.1) is 0 Å². The molecule has 0 unspecified atom stereocenters. The average Bonchev–Trinajstić information content (AvgIpc) is 3.22. The molecule has 8 atom stereocenters. The molecule has 4 saturated carbocycles. The van der Waals surface area contributed by atoms with E-state index in [9.17, 15) is 24.9 Å². The molecule has 1 aliphatic heterocycles. The second-order valence-electron chi connectivity index (χ2n) is 11.8. The highest BCUT2D eigenvalue weighted by Crippen LogP contribution is 2.70. The molecule has 6 nitrogen and oxygen atoms in total. The molecule has 0 bridgehead atoms. The third kappa shape index (κ3) is 2.97. The van der Waals surface area contributed by atoms with Crippen molar-refractivity contribution >= 4 is 11.9 Å². The molecule has 0 aromatic carbocycles. The van der Waals surface area contributed by atoms with Crippen LogP contribution in [0.4, 0.5) is 0 Å². The summed E-state index contributed by atoms with van der Waals surface area (Å²) >= 11 is 0. The monoisotopic (exact) mass is 432 g/mol. The van der Waals surface area contributed by atoms with Gasteiger partial charge >= 0.3 is 11.9 Å². The summed E-state index contributed by atoms with van der Waals surface area (Å²) < 4.78 is 5.20. The lowest BCUT2D eigenvalue weighted by molar-refractivity contribution is -0.215. The summed E-state index contributed by atoms with van der Waals surface area (Å²) in [6.45, 7) is 4.93. The second-order valence-corrected chi connectivity index (χ2v) is 11.8. The Morgan fingerprint density at radius 1 is 1.06 bits per heavy atom. The normalized spacial score (nSPS) is 51.4. The number of cyclic esters (lactones) is 1. The first kappa shape index (κ1) is 21.4. The second kappa shape index (κ2) is 6.80. The smallest absolute Gasteiger partial charge is 0.331 e. The van der Waals surface area contributed by atoms with E-state index in [4.69, 9.17) is 4.74 Å². The number of carboxylic acid groups (broad SMARTS) is 1. The maximum Gasteiger partial charge on any atom is 0.331 e. The molecule has 3 N–H and O–H groups in total. The van der Waals surface area contributed by atoms with Crippen molar-refractivity contribution < 1.29 is 29.6 Å². The van der Waals surface area contributed by atoms with Gasteiger partial charge in [-0.2, -0.15) is 0 Å². The summed E-state index contributed by atoms with van der Waals surface area (Å²) in [5.74, 6) is -0.0623. The van der Waals surface area contributed by atoms with E-state index < -0.39 is 17.2 Å². The van der Waals surface area contributed by atoms with Gasteiger partial charge in [-0.3, -0.25) is 4.79 Å². The number of carbonyl (C=O) groups is 2. The fourth-order valence-corrected chi connectivity index (χ4v) is 8.92. The van der Waals surface area contributed by atoms with Crippen molar-refractivity contribution in [1.82, 2.24) is 0 Å². The number of fused-ring (bicyclic) bond motifs is 5. The molecule has 0 spiro atoms. The Balaban J connectivity index is 1.41. The molecule has 0 amide bonds. The molecular weight excluding hydrogens is 396 g/mol. The molecule has 0 aromatic heterocycles. The standard InChI is InChI=1S/C25H36O6/c1-22-9-10-24(29,13-20(26)27)12-16(22)3-4-19-18(22)5-7-23(2)17(6-8-25(19,23)30)15-11-21(28)31-14-15/h11,16-19,29-30H,3-10,12-14H2,1-2H3,(H,26,27)/t16-,17-,18+,19-,22+,23-,24+,25+/m1/s1. The van der Waals surface area contributed by atoms with Crippen LogP contribution >= 0.6 is 0 Å². The van der Waals surface area contributed by atoms with Crippen LogP contribution in [0.5, 0.6) is 0 Å². The first-order valence-corrected chi connectivity index (χ1v) is 12.0. The van der Waals surface area contributed by atoms with Crippen molar-refractivity contribution in [3.05, 3.63) is 11.6 Å². The van der Waals surface area contributed by atoms with Crippen molar-refractivity contribution in [2.45, 2.75) is 89.3 Å². The highest BCUT2D eigenvalue weighted by atomic mass is 16.5. The van der Waals surface area contributed by atoms with Crippen LogP contribution in [0.1, 0.15) is 78.1 Å². The summed E-state index contributed by atoms with van der Waals surface area (Å²) in [6, 6.07) is 0. The number of aliphatic hydroxyl groups is 2. The molecule has 5 rings (SSSR count). The van der Waals surface area contributed by atoms with Crippen molar-refractivity contribution in [2.75, 3.05) is 6.61 Å². The van der Waals surface area contributed by atoms with Crippen LogP contribution in [0.3, 0.4) is 0 Å². The van der Waals surface area contributed by atoms with E-state index >= 15 is 0 Å². The lowest BCUT2D eigenvalue weighted by atomic mass is 9.42. The zero-order valence-corrected chi connectivity index (χ0v) is 18.7. The Bertz CT molecular complexity index is 836. The average molecular weight is 433 g/mol. The maximum absolute atomic E-state index is 12.2. The van der Waals surface area contributed by atoms with Gasteiger partial charge in [0, 0.05) is 11.5 Å². The Hall–Kier alpha value is -1.40. The zero-order valence-electron chi connectivity index (χ0n) is 18.7. The van der Waals surface area contributed by atoms with Gasteiger partial charge in [0.1, 0.15) is 6.61 Å². The number of hydrogen-bond donors (Lipinski definition) is 3. The van der Waals surface area contributed by atoms with Crippen LogP contribution in [0.15, 0.2) is 11.6 Å². The van der Waals surface area contributed by atoms with Gasteiger partial charge in [-0.25, -0.2) is 4.79 Å². The van der Waals surface area contributed by atoms with Gasteiger partial charge in [-0.1, -0.05) is 13.8 Å². The highest BCUT2D eigenvalue weighted by molar-refractivity contribution is 5.85. The lowest BCUT2D eigenvalue weighted by Crippen LogP contribution is -2.63. The van der Waals surface area contributed by atoms with E-state index in [1.165, 1.54) is 0 Å². The molecule has 0 aromatic rings. The number of carbonyl (C=O) groups excluding carboxylic acids is 1. The fraction of sp³-hybridized carbons (Fsp3) is 0.840. The Morgan fingerprint density at radius 3 is 2.52 bits per heavy atom. The molecule has 5 aliphatic rings. The maximum atomic E-state index is 12.2. The lowest BCUT2D eigenvalue weighted by Gasteiger charge is -2.64. The predicted octanol–water partition coefficient (Wildman–Crippen LogP) is 3.45. The first-order chi connectivity index (χ1) is 14.5. The van der Waals surface area contributed by atoms with Gasteiger partial charge < -0.3 is 20.1 Å². The van der Waals surface area contributed by atoms with Gasteiger partial charge in [-0.05, 0) is 92.4 Å². The van der Waals surface area contributed by atoms with Crippen molar-refractivity contribution in [1.29, 1.82) is 0 Å². The van der Waals surface area contributed by atoms with Crippen molar-refractivity contribution in [2.24, 2.45) is 34.5 Å². The Labute approximate surface area is 184 Å². The quantitative estimate of drug-likeness (QED) is 0.590. The molecule has 4 fully saturated rings. The number of rotatable bonds is 3. The van der Waals surface area contributed by atoms with E-state index in [1.807, 2.05) is 0 Å². The summed E-state index contributed by atoms with van der Waals surface area (Å²) in [5, 5.41) is 32.4. The van der Waals surface area contributed by atoms with Crippen molar-refractivity contribution in [3.8, 4) is 0 Å².